The number of hydrogen-bond acceptors (Lipinski definition) is 10. The molecule has 3 heterocycles. The molecule has 28 heavy (non-hydrogen) atoms. The van der Waals surface area contributed by atoms with Crippen molar-refractivity contribution in [3.63, 3.8) is 0 Å². The first-order chi connectivity index (χ1) is 13.5. The van der Waals surface area contributed by atoms with Gasteiger partial charge in [-0.3, -0.25) is 4.57 Å². The first kappa shape index (κ1) is 20.6. The molecular formula is C17H27N7O4. The lowest BCUT2D eigenvalue weighted by molar-refractivity contribution is -0.0426. The zero-order chi connectivity index (χ0) is 20.3. The fourth-order valence-corrected chi connectivity index (χ4v) is 3.40. The van der Waals surface area contributed by atoms with Gasteiger partial charge in [0.15, 0.2) is 23.2 Å². The number of anilines is 1. The van der Waals surface area contributed by atoms with Gasteiger partial charge in [-0.15, -0.1) is 0 Å². The minimum absolute atomic E-state index is 0.220. The van der Waals surface area contributed by atoms with Gasteiger partial charge < -0.3 is 30.4 Å². The number of nitrogens with two attached hydrogens (primary N) is 2. The molecule has 0 aliphatic carbocycles. The highest BCUT2D eigenvalue weighted by Crippen LogP contribution is 2.34. The number of ether oxygens (including phenoxy) is 1. The van der Waals surface area contributed by atoms with Crippen molar-refractivity contribution in [2.75, 3.05) is 32.5 Å². The third kappa shape index (κ3) is 3.99. The van der Waals surface area contributed by atoms with Gasteiger partial charge in [0.2, 0.25) is 0 Å². The van der Waals surface area contributed by atoms with Gasteiger partial charge in [0.25, 0.3) is 0 Å². The van der Waals surface area contributed by atoms with E-state index in [1.54, 1.807) is 4.57 Å². The Hall–Kier alpha value is -2.15. The van der Waals surface area contributed by atoms with Crippen LogP contribution in [0.15, 0.2) is 12.9 Å². The Labute approximate surface area is 162 Å². The smallest absolute Gasteiger partial charge is 0.168 e. The monoisotopic (exact) mass is 393 g/mol. The fraction of sp³-hybridized carbons (Fsp3) is 0.588. The molecule has 2 aromatic heterocycles. The van der Waals surface area contributed by atoms with Crippen molar-refractivity contribution in [1.29, 1.82) is 0 Å². The summed E-state index contributed by atoms with van der Waals surface area (Å²) in [6.45, 7) is 5.48. The van der Waals surface area contributed by atoms with Gasteiger partial charge >= 0.3 is 0 Å². The molecule has 154 valence electrons. The van der Waals surface area contributed by atoms with E-state index in [-0.39, 0.29) is 5.82 Å². The lowest BCUT2D eigenvalue weighted by Gasteiger charge is -2.22. The van der Waals surface area contributed by atoms with Crippen LogP contribution in [0.3, 0.4) is 0 Å². The normalized spacial score (nSPS) is 25.0. The van der Waals surface area contributed by atoms with Crippen molar-refractivity contribution in [2.45, 2.75) is 37.4 Å². The van der Waals surface area contributed by atoms with Crippen LogP contribution in [-0.4, -0.2) is 79.7 Å². The van der Waals surface area contributed by atoms with Crippen molar-refractivity contribution < 1.29 is 19.8 Å². The van der Waals surface area contributed by atoms with Gasteiger partial charge in [-0.25, -0.2) is 20.8 Å². The van der Waals surface area contributed by atoms with Crippen LogP contribution in [-0.2, 0) is 9.57 Å². The van der Waals surface area contributed by atoms with E-state index in [1.807, 2.05) is 11.9 Å². The van der Waals surface area contributed by atoms with Gasteiger partial charge in [0.1, 0.15) is 30.5 Å². The van der Waals surface area contributed by atoms with Crippen molar-refractivity contribution in [3.8, 4) is 0 Å². The minimum atomic E-state index is -1.16. The number of aliphatic hydroxyl groups excluding tert-OH is 2. The highest BCUT2D eigenvalue weighted by atomic mass is 16.6. The Kier molecular flexibility index (Phi) is 6.54. The van der Waals surface area contributed by atoms with E-state index in [1.165, 1.54) is 12.4 Å². The molecule has 0 radical (unpaired) electrons. The molecule has 0 bridgehead atoms. The Balaban J connectivity index is 1.77. The van der Waals surface area contributed by atoms with Crippen LogP contribution < -0.4 is 11.6 Å². The SMILES string of the molecule is C=Cc1nc2c(N)ncnc2n1[C@@H]1O[C@H](CN(C)CCCCON)[C@@H](O)[C@H]1O. The Morgan fingerprint density at radius 3 is 2.86 bits per heavy atom. The second-order valence-corrected chi connectivity index (χ2v) is 6.86. The maximum absolute atomic E-state index is 10.6. The van der Waals surface area contributed by atoms with Gasteiger partial charge in [-0.2, -0.15) is 0 Å². The predicted molar refractivity (Wildman–Crippen MR) is 103 cm³/mol. The van der Waals surface area contributed by atoms with Crippen molar-refractivity contribution in [1.82, 2.24) is 24.4 Å². The van der Waals surface area contributed by atoms with Crippen molar-refractivity contribution in [3.05, 3.63) is 18.7 Å². The molecule has 4 atom stereocenters. The van der Waals surface area contributed by atoms with E-state index in [0.29, 0.717) is 30.1 Å². The second kappa shape index (κ2) is 8.90. The van der Waals surface area contributed by atoms with Crippen molar-refractivity contribution >= 4 is 23.1 Å². The number of rotatable bonds is 9. The highest BCUT2D eigenvalue weighted by Gasteiger charge is 2.45. The zero-order valence-electron chi connectivity index (χ0n) is 15.8. The molecule has 0 unspecified atom stereocenters. The summed E-state index contributed by atoms with van der Waals surface area (Å²) in [7, 11) is 1.93. The number of fused-ring (bicyclic) bond motifs is 1. The van der Waals surface area contributed by atoms with Gasteiger partial charge in [-0.1, -0.05) is 6.58 Å². The summed E-state index contributed by atoms with van der Waals surface area (Å²) < 4.78 is 7.60. The van der Waals surface area contributed by atoms with E-state index in [9.17, 15) is 10.2 Å². The number of hydrogen-bond donors (Lipinski definition) is 4. The second-order valence-electron chi connectivity index (χ2n) is 6.86. The topological polar surface area (TPSA) is 158 Å². The van der Waals surface area contributed by atoms with E-state index in [0.717, 1.165) is 19.4 Å². The van der Waals surface area contributed by atoms with Crippen LogP contribution in [0, 0.1) is 0 Å². The first-order valence-electron chi connectivity index (χ1n) is 9.10. The maximum atomic E-state index is 10.6. The summed E-state index contributed by atoms with van der Waals surface area (Å²) in [5.74, 6) is 5.66. The maximum Gasteiger partial charge on any atom is 0.168 e. The van der Waals surface area contributed by atoms with Crippen LogP contribution in [0.25, 0.3) is 17.2 Å². The summed E-state index contributed by atoms with van der Waals surface area (Å²) in [6, 6.07) is 0. The number of imidazole rings is 1. The third-order valence-corrected chi connectivity index (χ3v) is 4.85. The largest absolute Gasteiger partial charge is 0.387 e. The number of likely N-dealkylation sites (N-methyl/N-ethyl adjacent to an activating group) is 1. The molecule has 0 spiro atoms. The van der Waals surface area contributed by atoms with Crippen LogP contribution in [0.4, 0.5) is 5.82 Å². The molecule has 1 saturated heterocycles. The molecule has 0 aromatic carbocycles. The standard InChI is InChI=1S/C17H27N7O4/c1-3-11-22-12-15(18)20-9-21-16(12)24(11)17-14(26)13(25)10(28-17)8-23(2)6-4-5-7-27-19/h3,9-10,13-14,17,25-26H,1,4-8,19H2,2H3,(H2,18,20,21)/t10-,13-,14-,17-/m1/s1. The van der Waals surface area contributed by atoms with Gasteiger partial charge in [0.05, 0.1) is 6.61 Å². The van der Waals surface area contributed by atoms with Crippen LogP contribution >= 0.6 is 0 Å². The number of aliphatic hydroxyl groups is 2. The van der Waals surface area contributed by atoms with E-state index in [4.69, 9.17) is 16.4 Å². The molecule has 0 amide bonds. The predicted octanol–water partition coefficient (Wildman–Crippen LogP) is -0.727. The van der Waals surface area contributed by atoms with Crippen LogP contribution in [0.5, 0.6) is 0 Å². The number of aromatic nitrogens is 4. The van der Waals surface area contributed by atoms with Crippen molar-refractivity contribution in [2.24, 2.45) is 5.90 Å². The molecule has 11 nitrogen and oxygen atoms in total. The summed E-state index contributed by atoms with van der Waals surface area (Å²) >= 11 is 0. The number of unbranched alkanes of at least 4 members (excludes halogenated alkanes) is 1. The summed E-state index contributed by atoms with van der Waals surface area (Å²) in [6.07, 6.45) is 0.900. The Morgan fingerprint density at radius 1 is 1.36 bits per heavy atom. The summed E-state index contributed by atoms with van der Waals surface area (Å²) in [4.78, 5) is 19.1. The minimum Gasteiger partial charge on any atom is -0.387 e. The average molecular weight is 393 g/mol. The molecule has 11 heteroatoms. The Bertz CT molecular complexity index is 814. The van der Waals surface area contributed by atoms with E-state index in [2.05, 4.69) is 26.4 Å². The highest BCUT2D eigenvalue weighted by molar-refractivity contribution is 5.83. The summed E-state index contributed by atoms with van der Waals surface area (Å²) in [5, 5.41) is 21.1. The molecule has 1 aliphatic heterocycles. The molecule has 1 fully saturated rings. The lowest BCUT2D eigenvalue weighted by atomic mass is 10.1. The molecular weight excluding hydrogens is 366 g/mol. The van der Waals surface area contributed by atoms with Crippen LogP contribution in [0.1, 0.15) is 24.9 Å². The number of nitrogen functional groups attached to an aromatic ring is 1. The molecule has 3 rings (SSSR count). The zero-order valence-corrected chi connectivity index (χ0v) is 15.8. The molecule has 2 aromatic rings. The summed E-state index contributed by atoms with van der Waals surface area (Å²) in [5.41, 5.74) is 6.68. The quantitative estimate of drug-likeness (QED) is 0.316. The van der Waals surface area contributed by atoms with Gasteiger partial charge in [-0.05, 0) is 32.5 Å². The molecule has 6 N–H and O–H groups in total. The van der Waals surface area contributed by atoms with E-state index < -0.39 is 24.5 Å². The molecule has 0 saturated carbocycles. The average Bonchev–Trinajstić information content (AvgIpc) is 3.18. The Morgan fingerprint density at radius 2 is 2.14 bits per heavy atom. The van der Waals surface area contributed by atoms with E-state index >= 15 is 0 Å². The lowest BCUT2D eigenvalue weighted by Crippen LogP contribution is -2.38. The first-order valence-corrected chi connectivity index (χ1v) is 9.10. The molecule has 1 aliphatic rings. The van der Waals surface area contributed by atoms with Gasteiger partial charge in [0, 0.05) is 6.54 Å². The number of nitrogens with zero attached hydrogens (tertiary/aromatic N) is 5. The van der Waals surface area contributed by atoms with Crippen LogP contribution in [0.2, 0.25) is 0 Å². The third-order valence-electron chi connectivity index (χ3n) is 4.85. The fourth-order valence-electron chi connectivity index (χ4n) is 3.40.